The lowest BCUT2D eigenvalue weighted by molar-refractivity contribution is 0.0377. The quantitative estimate of drug-likeness (QED) is 0.274. The Hall–Kier alpha value is -1.54. The van der Waals surface area contributed by atoms with Crippen molar-refractivity contribution in [1.29, 1.82) is 0 Å². The third-order valence-corrected chi connectivity index (χ3v) is 4.49. The van der Waals surface area contributed by atoms with Crippen LogP contribution in [0.15, 0.2) is 4.99 Å². The van der Waals surface area contributed by atoms with Crippen molar-refractivity contribution in [3.8, 4) is 0 Å². The predicted octanol–water partition coefficient (Wildman–Crippen LogP) is 2.35. The number of ether oxygens (including phenoxy) is 2. The van der Waals surface area contributed by atoms with E-state index in [-0.39, 0.29) is 12.1 Å². The van der Waals surface area contributed by atoms with Gasteiger partial charge >= 0.3 is 6.09 Å². The van der Waals surface area contributed by atoms with E-state index in [0.717, 1.165) is 77.6 Å². The number of morpholine rings is 1. The fraction of sp³-hybridized carbons (Fsp3) is 0.905. The summed E-state index contributed by atoms with van der Waals surface area (Å²) in [7, 11) is 0. The maximum Gasteiger partial charge on any atom is 0.407 e. The molecule has 29 heavy (non-hydrogen) atoms. The SMILES string of the molecule is CCCCC(CNC(=O)OC(C)(C)C)NC(=NCCCN1CCOCC1)NCC. The summed E-state index contributed by atoms with van der Waals surface area (Å²) in [6.45, 7) is 16.6. The molecule has 0 saturated carbocycles. The van der Waals surface area contributed by atoms with Gasteiger partial charge in [-0.3, -0.25) is 9.89 Å². The van der Waals surface area contributed by atoms with E-state index in [4.69, 9.17) is 14.5 Å². The molecule has 170 valence electrons. The fourth-order valence-electron chi connectivity index (χ4n) is 3.02. The van der Waals surface area contributed by atoms with E-state index in [2.05, 4.69) is 34.7 Å². The number of unbranched alkanes of at least 4 members (excludes halogenated alkanes) is 1. The molecule has 0 aromatic rings. The van der Waals surface area contributed by atoms with E-state index < -0.39 is 5.60 Å². The Morgan fingerprint density at radius 3 is 2.52 bits per heavy atom. The highest BCUT2D eigenvalue weighted by molar-refractivity contribution is 5.80. The van der Waals surface area contributed by atoms with Crippen LogP contribution in [0.5, 0.6) is 0 Å². The number of hydrogen-bond donors (Lipinski definition) is 3. The first-order chi connectivity index (χ1) is 13.8. The van der Waals surface area contributed by atoms with Crippen molar-refractivity contribution in [2.45, 2.75) is 71.9 Å². The van der Waals surface area contributed by atoms with Crippen molar-refractivity contribution >= 4 is 12.1 Å². The van der Waals surface area contributed by atoms with Crippen molar-refractivity contribution < 1.29 is 14.3 Å². The molecule has 0 bridgehead atoms. The van der Waals surface area contributed by atoms with E-state index in [1.807, 2.05) is 20.8 Å². The van der Waals surface area contributed by atoms with Crippen LogP contribution in [0.3, 0.4) is 0 Å². The van der Waals surface area contributed by atoms with Gasteiger partial charge in [0.25, 0.3) is 0 Å². The minimum Gasteiger partial charge on any atom is -0.444 e. The van der Waals surface area contributed by atoms with Gasteiger partial charge in [-0.15, -0.1) is 0 Å². The zero-order chi connectivity index (χ0) is 21.5. The number of rotatable bonds is 11. The maximum absolute atomic E-state index is 12.0. The summed E-state index contributed by atoms with van der Waals surface area (Å²) in [6, 6.07) is 0.111. The van der Waals surface area contributed by atoms with Crippen LogP contribution in [-0.2, 0) is 9.47 Å². The number of aliphatic imine (C=N–C) groups is 1. The standard InChI is InChI=1S/C21H43N5O3/c1-6-8-10-18(17-24-20(27)29-21(3,4)5)25-19(22-7-2)23-11-9-12-26-13-15-28-16-14-26/h18H,6-17H2,1-5H3,(H,24,27)(H2,22,23,25). The second-order valence-electron chi connectivity index (χ2n) is 8.43. The van der Waals surface area contributed by atoms with Crippen molar-refractivity contribution in [2.75, 3.05) is 52.5 Å². The van der Waals surface area contributed by atoms with Crippen LogP contribution in [0.4, 0.5) is 4.79 Å². The number of nitrogens with zero attached hydrogens (tertiary/aromatic N) is 2. The van der Waals surface area contributed by atoms with Gasteiger partial charge in [-0.1, -0.05) is 19.8 Å². The average molecular weight is 414 g/mol. The Morgan fingerprint density at radius 1 is 1.17 bits per heavy atom. The summed E-state index contributed by atoms with van der Waals surface area (Å²) in [4.78, 5) is 19.1. The summed E-state index contributed by atoms with van der Waals surface area (Å²) < 4.78 is 10.7. The monoisotopic (exact) mass is 413 g/mol. The number of nitrogens with one attached hydrogen (secondary N) is 3. The van der Waals surface area contributed by atoms with Crippen molar-refractivity contribution in [2.24, 2.45) is 4.99 Å². The van der Waals surface area contributed by atoms with Crippen molar-refractivity contribution in [1.82, 2.24) is 20.9 Å². The summed E-state index contributed by atoms with van der Waals surface area (Å²) in [5.74, 6) is 0.807. The zero-order valence-corrected chi connectivity index (χ0v) is 19.2. The van der Waals surface area contributed by atoms with Gasteiger partial charge in [0, 0.05) is 45.3 Å². The molecule has 0 aliphatic carbocycles. The van der Waals surface area contributed by atoms with E-state index in [9.17, 15) is 4.79 Å². The Kier molecular flexibility index (Phi) is 12.7. The van der Waals surface area contributed by atoms with Gasteiger partial charge in [0.15, 0.2) is 5.96 Å². The number of hydrogen-bond acceptors (Lipinski definition) is 5. The minimum atomic E-state index is -0.493. The third kappa shape index (κ3) is 13.3. The van der Waals surface area contributed by atoms with Crippen LogP contribution in [0.1, 0.15) is 60.3 Å². The normalized spacial score (nSPS) is 16.9. The topological polar surface area (TPSA) is 87.2 Å². The minimum absolute atomic E-state index is 0.111. The zero-order valence-electron chi connectivity index (χ0n) is 19.2. The highest BCUT2D eigenvalue weighted by atomic mass is 16.6. The molecule has 1 atom stereocenters. The van der Waals surface area contributed by atoms with Crippen LogP contribution in [0.2, 0.25) is 0 Å². The van der Waals surface area contributed by atoms with E-state index in [0.29, 0.717) is 6.54 Å². The van der Waals surface area contributed by atoms with Gasteiger partial charge in [-0.2, -0.15) is 0 Å². The lowest BCUT2D eigenvalue weighted by Gasteiger charge is -2.26. The highest BCUT2D eigenvalue weighted by Crippen LogP contribution is 2.07. The first-order valence-corrected chi connectivity index (χ1v) is 11.2. The van der Waals surface area contributed by atoms with Crippen LogP contribution < -0.4 is 16.0 Å². The van der Waals surface area contributed by atoms with Crippen LogP contribution >= 0.6 is 0 Å². The number of carbonyl (C=O) groups is 1. The summed E-state index contributed by atoms with van der Waals surface area (Å²) in [6.07, 6.45) is 3.80. The fourth-order valence-corrected chi connectivity index (χ4v) is 3.02. The molecule has 1 unspecified atom stereocenters. The molecular formula is C21H43N5O3. The van der Waals surface area contributed by atoms with E-state index in [1.165, 1.54) is 0 Å². The van der Waals surface area contributed by atoms with Gasteiger partial charge in [-0.05, 0) is 40.5 Å². The summed E-state index contributed by atoms with van der Waals surface area (Å²) in [5, 5.41) is 9.68. The summed E-state index contributed by atoms with van der Waals surface area (Å²) >= 11 is 0. The number of alkyl carbamates (subject to hydrolysis) is 1. The lowest BCUT2D eigenvalue weighted by atomic mass is 10.1. The third-order valence-electron chi connectivity index (χ3n) is 4.49. The molecule has 1 rings (SSSR count). The largest absolute Gasteiger partial charge is 0.444 e. The summed E-state index contributed by atoms with van der Waals surface area (Å²) in [5.41, 5.74) is -0.493. The Balaban J connectivity index is 2.49. The molecule has 0 aromatic carbocycles. The van der Waals surface area contributed by atoms with Gasteiger partial charge in [0.1, 0.15) is 5.60 Å². The molecule has 0 aromatic heterocycles. The first kappa shape index (κ1) is 25.5. The highest BCUT2D eigenvalue weighted by Gasteiger charge is 2.18. The second kappa shape index (κ2) is 14.4. The molecule has 1 aliphatic rings. The smallest absolute Gasteiger partial charge is 0.407 e. The molecule has 1 aliphatic heterocycles. The Labute approximate surface area is 177 Å². The average Bonchev–Trinajstić information content (AvgIpc) is 2.66. The molecule has 1 saturated heterocycles. The van der Waals surface area contributed by atoms with Gasteiger partial charge in [-0.25, -0.2) is 4.79 Å². The molecule has 3 N–H and O–H groups in total. The Bertz CT molecular complexity index is 473. The molecule has 0 radical (unpaired) electrons. The van der Waals surface area contributed by atoms with Crippen LogP contribution in [-0.4, -0.2) is 81.1 Å². The Morgan fingerprint density at radius 2 is 1.90 bits per heavy atom. The van der Waals surface area contributed by atoms with Crippen LogP contribution in [0, 0.1) is 0 Å². The molecular weight excluding hydrogens is 370 g/mol. The molecule has 0 spiro atoms. The predicted molar refractivity (Wildman–Crippen MR) is 119 cm³/mol. The second-order valence-corrected chi connectivity index (χ2v) is 8.43. The number of amides is 1. The van der Waals surface area contributed by atoms with Crippen molar-refractivity contribution in [3.63, 3.8) is 0 Å². The number of carbonyl (C=O) groups excluding carboxylic acids is 1. The van der Waals surface area contributed by atoms with Gasteiger partial charge < -0.3 is 25.4 Å². The van der Waals surface area contributed by atoms with Crippen LogP contribution in [0.25, 0.3) is 0 Å². The van der Waals surface area contributed by atoms with Gasteiger partial charge in [0.2, 0.25) is 0 Å². The van der Waals surface area contributed by atoms with E-state index >= 15 is 0 Å². The molecule has 1 amide bonds. The van der Waals surface area contributed by atoms with Crippen molar-refractivity contribution in [3.05, 3.63) is 0 Å². The van der Waals surface area contributed by atoms with Gasteiger partial charge in [0.05, 0.1) is 13.2 Å². The lowest BCUT2D eigenvalue weighted by Crippen LogP contribution is -2.49. The molecule has 1 heterocycles. The molecule has 8 nitrogen and oxygen atoms in total. The maximum atomic E-state index is 12.0. The van der Waals surface area contributed by atoms with E-state index in [1.54, 1.807) is 0 Å². The first-order valence-electron chi connectivity index (χ1n) is 11.2. The number of guanidine groups is 1. The molecule has 1 fully saturated rings. The molecule has 8 heteroatoms.